The summed E-state index contributed by atoms with van der Waals surface area (Å²) in [5.41, 5.74) is -0.544. The highest BCUT2D eigenvalue weighted by atomic mass is 19.3. The Kier molecular flexibility index (Phi) is 2.07. The minimum atomic E-state index is -3.86. The fourth-order valence-corrected chi connectivity index (χ4v) is 1.02. The fraction of sp³-hybridized carbons (Fsp3) is 0.429. The Morgan fingerprint density at radius 1 is 1.69 bits per heavy atom. The SMILES string of the molecule is Cc1nn(C)cc1C(F)(F)C(=O)O. The highest BCUT2D eigenvalue weighted by Crippen LogP contribution is 2.29. The average Bonchev–Trinajstić information content (AvgIpc) is 2.30. The first-order valence-corrected chi connectivity index (χ1v) is 3.47. The normalized spacial score (nSPS) is 11.7. The minimum absolute atomic E-state index is 0.0231. The van der Waals surface area contributed by atoms with Crippen molar-refractivity contribution in [3.63, 3.8) is 0 Å². The Labute approximate surface area is 72.8 Å². The van der Waals surface area contributed by atoms with Gasteiger partial charge in [-0.15, -0.1) is 0 Å². The van der Waals surface area contributed by atoms with Crippen LogP contribution < -0.4 is 0 Å². The topological polar surface area (TPSA) is 55.1 Å². The maximum atomic E-state index is 12.9. The van der Waals surface area contributed by atoms with Gasteiger partial charge in [0.1, 0.15) is 0 Å². The first-order chi connectivity index (χ1) is 5.85. The molecule has 0 aliphatic carbocycles. The molecule has 0 aliphatic heterocycles. The van der Waals surface area contributed by atoms with E-state index in [1.165, 1.54) is 14.0 Å². The van der Waals surface area contributed by atoms with Crippen LogP contribution in [0.1, 0.15) is 11.3 Å². The molecule has 0 radical (unpaired) electrons. The second-order valence-electron chi connectivity index (χ2n) is 2.68. The molecule has 0 atom stereocenters. The van der Waals surface area contributed by atoms with Crippen molar-refractivity contribution in [1.29, 1.82) is 0 Å². The van der Waals surface area contributed by atoms with E-state index in [4.69, 9.17) is 5.11 Å². The molecule has 13 heavy (non-hydrogen) atoms. The zero-order chi connectivity index (χ0) is 10.2. The molecule has 72 valence electrons. The number of aliphatic carboxylic acids is 1. The van der Waals surface area contributed by atoms with Gasteiger partial charge in [-0.3, -0.25) is 4.68 Å². The third-order valence-corrected chi connectivity index (χ3v) is 1.62. The van der Waals surface area contributed by atoms with Gasteiger partial charge in [0.25, 0.3) is 0 Å². The molecule has 1 rings (SSSR count). The molecule has 0 bridgehead atoms. The van der Waals surface area contributed by atoms with E-state index in [0.29, 0.717) is 0 Å². The van der Waals surface area contributed by atoms with E-state index < -0.39 is 17.5 Å². The van der Waals surface area contributed by atoms with Crippen LogP contribution in [0.2, 0.25) is 0 Å². The second-order valence-corrected chi connectivity index (χ2v) is 2.68. The number of carboxylic acids is 1. The number of carboxylic acid groups (broad SMARTS) is 1. The van der Waals surface area contributed by atoms with Crippen LogP contribution in [0.15, 0.2) is 6.20 Å². The summed E-state index contributed by atoms with van der Waals surface area (Å²) in [7, 11) is 1.45. The lowest BCUT2D eigenvalue weighted by atomic mass is 10.1. The van der Waals surface area contributed by atoms with Crippen LogP contribution in [-0.4, -0.2) is 20.9 Å². The number of halogens is 2. The van der Waals surface area contributed by atoms with E-state index >= 15 is 0 Å². The quantitative estimate of drug-likeness (QED) is 0.753. The first-order valence-electron chi connectivity index (χ1n) is 3.47. The van der Waals surface area contributed by atoms with Gasteiger partial charge in [-0.05, 0) is 6.92 Å². The van der Waals surface area contributed by atoms with Crippen molar-refractivity contribution >= 4 is 5.97 Å². The molecule has 1 N–H and O–H groups in total. The van der Waals surface area contributed by atoms with E-state index in [0.717, 1.165) is 10.9 Å². The smallest absolute Gasteiger partial charge is 0.379 e. The predicted molar refractivity (Wildman–Crippen MR) is 39.5 cm³/mol. The van der Waals surface area contributed by atoms with Crippen molar-refractivity contribution < 1.29 is 18.7 Å². The fourth-order valence-electron chi connectivity index (χ4n) is 1.02. The summed E-state index contributed by atoms with van der Waals surface area (Å²) in [6.45, 7) is 1.34. The molecule has 0 saturated heterocycles. The van der Waals surface area contributed by atoms with Gasteiger partial charge in [-0.2, -0.15) is 13.9 Å². The van der Waals surface area contributed by atoms with Crippen LogP contribution in [-0.2, 0) is 17.8 Å². The number of aromatic nitrogens is 2. The zero-order valence-electron chi connectivity index (χ0n) is 7.08. The van der Waals surface area contributed by atoms with Crippen LogP contribution in [0.25, 0.3) is 0 Å². The molecule has 0 amide bonds. The number of hydrogen-bond donors (Lipinski definition) is 1. The van der Waals surface area contributed by atoms with Gasteiger partial charge in [0.15, 0.2) is 0 Å². The third-order valence-electron chi connectivity index (χ3n) is 1.62. The van der Waals surface area contributed by atoms with Gasteiger partial charge < -0.3 is 5.11 Å². The van der Waals surface area contributed by atoms with Crippen molar-refractivity contribution in [3.8, 4) is 0 Å². The lowest BCUT2D eigenvalue weighted by Gasteiger charge is -2.08. The Hall–Kier alpha value is -1.46. The highest BCUT2D eigenvalue weighted by molar-refractivity contribution is 5.77. The van der Waals surface area contributed by atoms with E-state index in [1.807, 2.05) is 0 Å². The van der Waals surface area contributed by atoms with Gasteiger partial charge in [-0.1, -0.05) is 0 Å². The Morgan fingerprint density at radius 2 is 2.23 bits per heavy atom. The molecule has 1 heterocycles. The summed E-state index contributed by atoms with van der Waals surface area (Å²) in [4.78, 5) is 10.2. The number of hydrogen-bond acceptors (Lipinski definition) is 2. The largest absolute Gasteiger partial charge is 0.477 e. The van der Waals surface area contributed by atoms with E-state index in [1.54, 1.807) is 0 Å². The Balaban J connectivity index is 3.21. The van der Waals surface area contributed by atoms with Gasteiger partial charge in [-0.25, -0.2) is 4.79 Å². The van der Waals surface area contributed by atoms with E-state index in [9.17, 15) is 13.6 Å². The van der Waals surface area contributed by atoms with Crippen LogP contribution >= 0.6 is 0 Å². The zero-order valence-corrected chi connectivity index (χ0v) is 7.08. The van der Waals surface area contributed by atoms with Crippen LogP contribution in [0, 0.1) is 6.92 Å². The van der Waals surface area contributed by atoms with Gasteiger partial charge >= 0.3 is 11.9 Å². The predicted octanol–water partition coefficient (Wildman–Crippen LogP) is 0.905. The first kappa shape index (κ1) is 9.63. The Bertz CT molecular complexity index is 346. The molecular weight excluding hydrogens is 182 g/mol. The standard InChI is InChI=1S/C7H8F2N2O2/c1-4-5(3-11(2)10-4)7(8,9)6(12)13/h3H,1-2H3,(H,12,13). The van der Waals surface area contributed by atoms with Crippen molar-refractivity contribution in [2.75, 3.05) is 0 Å². The molecule has 0 saturated carbocycles. The van der Waals surface area contributed by atoms with E-state index in [2.05, 4.69) is 5.10 Å². The molecule has 0 aliphatic rings. The van der Waals surface area contributed by atoms with Gasteiger partial charge in [0.05, 0.1) is 11.3 Å². The summed E-state index contributed by atoms with van der Waals surface area (Å²) in [6, 6.07) is 0. The minimum Gasteiger partial charge on any atom is -0.477 e. The molecule has 6 heteroatoms. The summed E-state index contributed by atoms with van der Waals surface area (Å²) in [6.07, 6.45) is 1.00. The van der Waals surface area contributed by atoms with Crippen molar-refractivity contribution in [2.45, 2.75) is 12.8 Å². The Morgan fingerprint density at radius 3 is 2.54 bits per heavy atom. The molecule has 1 aromatic rings. The third kappa shape index (κ3) is 1.51. The summed E-state index contributed by atoms with van der Waals surface area (Å²) < 4.78 is 27.0. The number of rotatable bonds is 2. The van der Waals surface area contributed by atoms with Crippen LogP contribution in [0.4, 0.5) is 8.78 Å². The summed E-state index contributed by atoms with van der Waals surface area (Å²) >= 11 is 0. The monoisotopic (exact) mass is 190 g/mol. The summed E-state index contributed by atoms with van der Waals surface area (Å²) in [5, 5.41) is 11.9. The van der Waals surface area contributed by atoms with Gasteiger partial charge in [0.2, 0.25) is 0 Å². The molecule has 0 fully saturated rings. The molecule has 0 unspecified atom stereocenters. The van der Waals surface area contributed by atoms with Crippen molar-refractivity contribution in [1.82, 2.24) is 9.78 Å². The molecule has 0 spiro atoms. The molecular formula is C7H8F2N2O2. The lowest BCUT2D eigenvalue weighted by molar-refractivity contribution is -0.166. The summed E-state index contributed by atoms with van der Waals surface area (Å²) in [5.74, 6) is -6.03. The molecule has 1 aromatic heterocycles. The number of aryl methyl sites for hydroxylation is 2. The van der Waals surface area contributed by atoms with Crippen molar-refractivity contribution in [3.05, 3.63) is 17.5 Å². The maximum absolute atomic E-state index is 12.9. The molecule has 4 nitrogen and oxygen atoms in total. The van der Waals surface area contributed by atoms with Gasteiger partial charge in [0, 0.05) is 13.2 Å². The molecule has 0 aromatic carbocycles. The van der Waals surface area contributed by atoms with Crippen molar-refractivity contribution in [2.24, 2.45) is 7.05 Å². The number of nitrogens with zero attached hydrogens (tertiary/aromatic N) is 2. The van der Waals surface area contributed by atoms with E-state index in [-0.39, 0.29) is 5.69 Å². The number of carbonyl (C=O) groups is 1. The lowest BCUT2D eigenvalue weighted by Crippen LogP contribution is -2.25. The van der Waals surface area contributed by atoms with Crippen LogP contribution in [0.5, 0.6) is 0 Å². The average molecular weight is 190 g/mol. The number of alkyl halides is 2. The maximum Gasteiger partial charge on any atom is 0.379 e. The highest BCUT2D eigenvalue weighted by Gasteiger charge is 2.43. The second kappa shape index (κ2) is 2.79. The van der Waals surface area contributed by atoms with Crippen LogP contribution in [0.3, 0.4) is 0 Å².